The molecule has 1 saturated heterocycles. The van der Waals surface area contributed by atoms with E-state index in [2.05, 4.69) is 10.3 Å². The van der Waals surface area contributed by atoms with Crippen molar-refractivity contribution in [2.24, 2.45) is 4.99 Å². The average Bonchev–Trinajstić information content (AvgIpc) is 2.78. The fourth-order valence-electron chi connectivity index (χ4n) is 3.02. The molecule has 1 atom stereocenters. The number of aliphatic imine (C=N–C) groups is 1. The van der Waals surface area contributed by atoms with Crippen LogP contribution in [0.3, 0.4) is 0 Å². The van der Waals surface area contributed by atoms with E-state index in [4.69, 9.17) is 9.47 Å². The molecule has 0 aromatic heterocycles. The third-order valence-corrected chi connectivity index (χ3v) is 5.95. The quantitative estimate of drug-likeness (QED) is 0.735. The first kappa shape index (κ1) is 21.7. The summed E-state index contributed by atoms with van der Waals surface area (Å²) in [6, 6.07) is 15.0. The first-order valence-corrected chi connectivity index (χ1v) is 10.5. The van der Waals surface area contributed by atoms with Crippen molar-refractivity contribution in [1.29, 1.82) is 0 Å². The van der Waals surface area contributed by atoms with Gasteiger partial charge in [0.25, 0.3) is 0 Å². The van der Waals surface area contributed by atoms with Crippen molar-refractivity contribution < 1.29 is 19.1 Å². The number of carbonyl (C=O) groups excluding carboxylic acids is 2. The van der Waals surface area contributed by atoms with Gasteiger partial charge in [-0.05, 0) is 48.4 Å². The Morgan fingerprint density at radius 1 is 1.10 bits per heavy atom. The minimum Gasteiger partial charge on any atom is -0.497 e. The molecule has 30 heavy (non-hydrogen) atoms. The van der Waals surface area contributed by atoms with E-state index in [-0.39, 0.29) is 18.2 Å². The number of rotatable bonds is 7. The molecule has 2 aromatic rings. The van der Waals surface area contributed by atoms with Gasteiger partial charge in [-0.25, -0.2) is 4.99 Å². The average molecular weight is 428 g/mol. The summed E-state index contributed by atoms with van der Waals surface area (Å²) in [5.41, 5.74) is 1.78. The van der Waals surface area contributed by atoms with E-state index >= 15 is 0 Å². The molecule has 1 fully saturated rings. The number of carbonyl (C=O) groups is 2. The highest BCUT2D eigenvalue weighted by Crippen LogP contribution is 2.30. The number of hydrogen-bond acceptors (Lipinski definition) is 6. The summed E-state index contributed by atoms with van der Waals surface area (Å²) in [6.07, 6.45) is 0.817. The van der Waals surface area contributed by atoms with Crippen molar-refractivity contribution in [3.63, 3.8) is 0 Å². The summed E-state index contributed by atoms with van der Waals surface area (Å²) < 4.78 is 10.4. The van der Waals surface area contributed by atoms with Crippen LogP contribution in [0.2, 0.25) is 0 Å². The highest BCUT2D eigenvalue weighted by molar-refractivity contribution is 8.15. The molecule has 2 amide bonds. The number of hydrogen-bond donors (Lipinski definition) is 1. The Kier molecular flexibility index (Phi) is 7.35. The van der Waals surface area contributed by atoms with Crippen molar-refractivity contribution in [2.45, 2.75) is 18.1 Å². The lowest BCUT2D eigenvalue weighted by Crippen LogP contribution is -2.46. The van der Waals surface area contributed by atoms with E-state index in [1.165, 1.54) is 11.8 Å². The second-order valence-electron chi connectivity index (χ2n) is 6.66. The van der Waals surface area contributed by atoms with Crippen molar-refractivity contribution in [3.05, 3.63) is 54.1 Å². The number of nitrogens with zero attached hydrogens (tertiary/aromatic N) is 2. The lowest BCUT2D eigenvalue weighted by molar-refractivity contribution is -0.130. The lowest BCUT2D eigenvalue weighted by Gasteiger charge is -2.31. The molecule has 1 aliphatic rings. The Balaban J connectivity index is 1.82. The van der Waals surface area contributed by atoms with Gasteiger partial charge in [-0.3, -0.25) is 14.5 Å². The molecule has 1 heterocycles. The van der Waals surface area contributed by atoms with Crippen LogP contribution in [0.1, 0.15) is 12.0 Å². The van der Waals surface area contributed by atoms with Crippen molar-refractivity contribution in [1.82, 2.24) is 10.2 Å². The Bertz CT molecular complexity index is 913. The van der Waals surface area contributed by atoms with Gasteiger partial charge in [-0.2, -0.15) is 0 Å². The predicted molar refractivity (Wildman–Crippen MR) is 119 cm³/mol. The molecule has 7 nitrogen and oxygen atoms in total. The van der Waals surface area contributed by atoms with Gasteiger partial charge >= 0.3 is 0 Å². The molecule has 8 heteroatoms. The molecule has 0 aliphatic carbocycles. The van der Waals surface area contributed by atoms with Gasteiger partial charge in [0, 0.05) is 20.0 Å². The number of amidine groups is 1. The number of methoxy groups -OCH3 is 2. The Labute approximate surface area is 180 Å². The number of benzene rings is 2. The molecule has 0 radical (unpaired) electrons. The highest BCUT2D eigenvalue weighted by Gasteiger charge is 2.35. The molecule has 0 unspecified atom stereocenters. The molecule has 2 aromatic carbocycles. The maximum absolute atomic E-state index is 12.9. The lowest BCUT2D eigenvalue weighted by atomic mass is 10.1. The van der Waals surface area contributed by atoms with Crippen LogP contribution in [0, 0.1) is 0 Å². The second kappa shape index (κ2) is 10.2. The van der Waals surface area contributed by atoms with Crippen LogP contribution in [0.5, 0.6) is 11.5 Å². The van der Waals surface area contributed by atoms with Crippen LogP contribution >= 0.6 is 11.8 Å². The molecule has 0 spiro atoms. The number of thioether (sulfide) groups is 1. The predicted octanol–water partition coefficient (Wildman–Crippen LogP) is 3.01. The number of amides is 2. The normalized spacial score (nSPS) is 17.7. The van der Waals surface area contributed by atoms with Gasteiger partial charge in [0.1, 0.15) is 11.5 Å². The van der Waals surface area contributed by atoms with Crippen molar-refractivity contribution in [2.75, 3.05) is 27.8 Å². The Morgan fingerprint density at radius 2 is 1.70 bits per heavy atom. The van der Waals surface area contributed by atoms with Gasteiger partial charge in [0.15, 0.2) is 5.17 Å². The largest absolute Gasteiger partial charge is 0.497 e. The number of nitrogens with one attached hydrogen (secondary N) is 1. The molecule has 1 N–H and O–H groups in total. The van der Waals surface area contributed by atoms with Crippen LogP contribution in [-0.2, 0) is 16.0 Å². The van der Waals surface area contributed by atoms with Crippen molar-refractivity contribution in [3.8, 4) is 11.5 Å². The van der Waals surface area contributed by atoms with Crippen LogP contribution < -0.4 is 14.8 Å². The molecular weight excluding hydrogens is 402 g/mol. The topological polar surface area (TPSA) is 80.2 Å². The molecule has 1 aliphatic heterocycles. The third-order valence-electron chi connectivity index (χ3n) is 4.76. The van der Waals surface area contributed by atoms with Gasteiger partial charge in [-0.1, -0.05) is 23.9 Å². The van der Waals surface area contributed by atoms with E-state index in [1.54, 1.807) is 26.2 Å². The van der Waals surface area contributed by atoms with Crippen LogP contribution in [0.4, 0.5) is 5.69 Å². The molecular formula is C22H25N3O4S. The standard InChI is InChI=1S/C22H25N3O4S/c1-23-21(27)19-14-20(26)25(13-12-15-4-8-17(28-2)9-5-15)22(30-19)24-16-6-10-18(29-3)11-7-16/h4-11,19H,12-14H2,1-3H3,(H,23,27)/t19-/m1/s1. The maximum Gasteiger partial charge on any atom is 0.233 e. The van der Waals surface area contributed by atoms with Crippen LogP contribution in [0.15, 0.2) is 53.5 Å². The minimum absolute atomic E-state index is 0.108. The monoisotopic (exact) mass is 427 g/mol. The fraction of sp³-hybridized carbons (Fsp3) is 0.318. The Hall–Kier alpha value is -3.00. The summed E-state index contributed by atoms with van der Waals surface area (Å²) >= 11 is 1.31. The molecule has 158 valence electrons. The van der Waals surface area contributed by atoms with E-state index in [9.17, 15) is 9.59 Å². The first-order valence-electron chi connectivity index (χ1n) is 9.58. The molecule has 0 saturated carbocycles. The fourth-order valence-corrected chi connectivity index (χ4v) is 4.21. The SMILES string of the molecule is CNC(=O)[C@H]1CC(=O)N(CCc2ccc(OC)cc2)C(=Nc2ccc(OC)cc2)S1. The molecule has 3 rings (SSSR count). The van der Waals surface area contributed by atoms with Gasteiger partial charge < -0.3 is 14.8 Å². The van der Waals surface area contributed by atoms with E-state index in [1.807, 2.05) is 48.5 Å². The van der Waals surface area contributed by atoms with Gasteiger partial charge in [0.05, 0.1) is 25.2 Å². The summed E-state index contributed by atoms with van der Waals surface area (Å²) in [7, 11) is 4.80. The van der Waals surface area contributed by atoms with Gasteiger partial charge in [-0.15, -0.1) is 0 Å². The Morgan fingerprint density at radius 3 is 2.27 bits per heavy atom. The zero-order valence-corrected chi connectivity index (χ0v) is 18.1. The smallest absolute Gasteiger partial charge is 0.233 e. The summed E-state index contributed by atoms with van der Waals surface area (Å²) in [5.74, 6) is 1.23. The second-order valence-corrected chi connectivity index (χ2v) is 7.83. The van der Waals surface area contributed by atoms with Gasteiger partial charge in [0.2, 0.25) is 11.8 Å². The zero-order valence-electron chi connectivity index (χ0n) is 17.3. The number of ether oxygens (including phenoxy) is 2. The van der Waals surface area contributed by atoms with Crippen LogP contribution in [-0.4, -0.2) is 54.9 Å². The maximum atomic E-state index is 12.9. The van der Waals surface area contributed by atoms with Crippen molar-refractivity contribution >= 4 is 34.4 Å². The van der Waals surface area contributed by atoms with E-state index < -0.39 is 5.25 Å². The summed E-state index contributed by atoms with van der Waals surface area (Å²) in [6.45, 7) is 0.480. The van der Waals surface area contributed by atoms with E-state index in [0.717, 1.165) is 17.1 Å². The van der Waals surface area contributed by atoms with E-state index in [0.29, 0.717) is 23.8 Å². The highest BCUT2D eigenvalue weighted by atomic mass is 32.2. The summed E-state index contributed by atoms with van der Waals surface area (Å²) in [4.78, 5) is 31.3. The van der Waals surface area contributed by atoms with Crippen LogP contribution in [0.25, 0.3) is 0 Å². The third kappa shape index (κ3) is 5.33. The summed E-state index contributed by atoms with van der Waals surface area (Å²) in [5, 5.41) is 2.66. The minimum atomic E-state index is -0.489. The zero-order chi connectivity index (χ0) is 21.5. The first-order chi connectivity index (χ1) is 14.5. The molecule has 0 bridgehead atoms.